The third-order valence-corrected chi connectivity index (χ3v) is 3.85. The minimum atomic E-state index is 0.849. The molecule has 0 N–H and O–H groups in total. The van der Waals surface area contributed by atoms with Gasteiger partial charge in [0.1, 0.15) is 5.75 Å². The molecule has 0 saturated carbocycles. The van der Waals surface area contributed by atoms with E-state index < -0.39 is 0 Å². The van der Waals surface area contributed by atoms with Crippen LogP contribution in [0.4, 0.5) is 0 Å². The zero-order chi connectivity index (χ0) is 12.3. The van der Waals surface area contributed by atoms with Crippen LogP contribution in [0.25, 0.3) is 0 Å². The first-order valence-corrected chi connectivity index (χ1v) is 7.75. The standard InChI is InChI=1S/C15H24OS/c1-3-12-17-13-6-4-5-11-16-15-9-7-14(2)8-10-15/h7-10H,3-6,11-13H2,1-2H3. The van der Waals surface area contributed by atoms with Crippen LogP contribution in [0.15, 0.2) is 24.3 Å². The molecule has 0 spiro atoms. The molecule has 1 rings (SSSR count). The summed E-state index contributed by atoms with van der Waals surface area (Å²) in [5, 5.41) is 0. The molecule has 1 aromatic carbocycles. The van der Waals surface area contributed by atoms with Crippen LogP contribution in [0.2, 0.25) is 0 Å². The number of rotatable bonds is 9. The highest BCUT2D eigenvalue weighted by Gasteiger charge is 1.94. The van der Waals surface area contributed by atoms with Gasteiger partial charge in [-0.2, -0.15) is 11.8 Å². The molecule has 0 fully saturated rings. The summed E-state index contributed by atoms with van der Waals surface area (Å²) in [5.74, 6) is 3.61. The summed E-state index contributed by atoms with van der Waals surface area (Å²) in [7, 11) is 0. The minimum Gasteiger partial charge on any atom is -0.494 e. The Balaban J connectivity index is 1.95. The molecule has 0 bridgehead atoms. The van der Waals surface area contributed by atoms with E-state index in [1.807, 2.05) is 12.1 Å². The van der Waals surface area contributed by atoms with E-state index in [0.717, 1.165) is 12.4 Å². The summed E-state index contributed by atoms with van der Waals surface area (Å²) in [6.45, 7) is 5.18. The van der Waals surface area contributed by atoms with Gasteiger partial charge >= 0.3 is 0 Å². The molecule has 0 atom stereocenters. The van der Waals surface area contributed by atoms with E-state index in [0.29, 0.717) is 0 Å². The van der Waals surface area contributed by atoms with E-state index in [1.165, 1.54) is 42.8 Å². The van der Waals surface area contributed by atoms with Gasteiger partial charge in [0.25, 0.3) is 0 Å². The molecule has 0 aliphatic rings. The van der Waals surface area contributed by atoms with Gasteiger partial charge in [0.05, 0.1) is 6.61 Å². The minimum absolute atomic E-state index is 0.849. The summed E-state index contributed by atoms with van der Waals surface area (Å²) >= 11 is 2.07. The summed E-state index contributed by atoms with van der Waals surface area (Å²) < 4.78 is 5.68. The first kappa shape index (κ1) is 14.4. The van der Waals surface area contributed by atoms with Crippen molar-refractivity contribution in [1.29, 1.82) is 0 Å². The van der Waals surface area contributed by atoms with Crippen molar-refractivity contribution >= 4 is 11.8 Å². The number of benzene rings is 1. The Bertz CT molecular complexity index is 281. The fourth-order valence-corrected chi connectivity index (χ4v) is 2.45. The Hall–Kier alpha value is -0.630. The number of hydrogen-bond acceptors (Lipinski definition) is 2. The largest absolute Gasteiger partial charge is 0.494 e. The molecule has 1 nitrogen and oxygen atoms in total. The smallest absolute Gasteiger partial charge is 0.119 e. The Labute approximate surface area is 110 Å². The molecular formula is C15H24OS. The highest BCUT2D eigenvalue weighted by molar-refractivity contribution is 7.99. The molecular weight excluding hydrogens is 228 g/mol. The maximum Gasteiger partial charge on any atom is 0.119 e. The van der Waals surface area contributed by atoms with E-state index in [-0.39, 0.29) is 0 Å². The summed E-state index contributed by atoms with van der Waals surface area (Å²) in [4.78, 5) is 0. The Morgan fingerprint density at radius 2 is 1.76 bits per heavy atom. The van der Waals surface area contributed by atoms with Crippen molar-refractivity contribution in [2.45, 2.75) is 39.5 Å². The van der Waals surface area contributed by atoms with Gasteiger partial charge in [-0.05, 0) is 56.2 Å². The van der Waals surface area contributed by atoms with Gasteiger partial charge in [-0.1, -0.05) is 24.6 Å². The van der Waals surface area contributed by atoms with Crippen LogP contribution in [0, 0.1) is 6.92 Å². The lowest BCUT2D eigenvalue weighted by atomic mass is 10.2. The van der Waals surface area contributed by atoms with Crippen LogP contribution >= 0.6 is 11.8 Å². The lowest BCUT2D eigenvalue weighted by Crippen LogP contribution is -1.97. The Kier molecular flexibility index (Phi) is 7.98. The van der Waals surface area contributed by atoms with Gasteiger partial charge in [-0.15, -0.1) is 0 Å². The topological polar surface area (TPSA) is 9.23 Å². The number of hydrogen-bond donors (Lipinski definition) is 0. The maximum atomic E-state index is 5.68. The lowest BCUT2D eigenvalue weighted by Gasteiger charge is -2.06. The molecule has 0 aromatic heterocycles. The van der Waals surface area contributed by atoms with E-state index in [9.17, 15) is 0 Å². The predicted molar refractivity (Wildman–Crippen MR) is 78.1 cm³/mol. The quantitative estimate of drug-likeness (QED) is 0.590. The van der Waals surface area contributed by atoms with Crippen molar-refractivity contribution in [3.05, 3.63) is 29.8 Å². The molecule has 17 heavy (non-hydrogen) atoms. The third-order valence-electron chi connectivity index (χ3n) is 2.57. The maximum absolute atomic E-state index is 5.68. The average molecular weight is 252 g/mol. The van der Waals surface area contributed by atoms with E-state index in [1.54, 1.807) is 0 Å². The van der Waals surface area contributed by atoms with Crippen molar-refractivity contribution in [1.82, 2.24) is 0 Å². The third kappa shape index (κ3) is 7.32. The van der Waals surface area contributed by atoms with Crippen LogP contribution in [0.5, 0.6) is 5.75 Å². The monoisotopic (exact) mass is 252 g/mol. The summed E-state index contributed by atoms with van der Waals surface area (Å²) in [5.41, 5.74) is 1.28. The zero-order valence-corrected chi connectivity index (χ0v) is 11.9. The van der Waals surface area contributed by atoms with Crippen molar-refractivity contribution in [2.24, 2.45) is 0 Å². The van der Waals surface area contributed by atoms with Crippen LogP contribution < -0.4 is 4.74 Å². The van der Waals surface area contributed by atoms with Gasteiger partial charge in [0.15, 0.2) is 0 Å². The first-order valence-electron chi connectivity index (χ1n) is 6.60. The molecule has 1 aromatic rings. The van der Waals surface area contributed by atoms with E-state index in [4.69, 9.17) is 4.74 Å². The van der Waals surface area contributed by atoms with Gasteiger partial charge in [0.2, 0.25) is 0 Å². The molecule has 0 saturated heterocycles. The predicted octanol–water partition coefficient (Wildman–Crippen LogP) is 4.69. The second-order valence-corrected chi connectivity index (χ2v) is 5.56. The van der Waals surface area contributed by atoms with Crippen molar-refractivity contribution in [3.63, 3.8) is 0 Å². The zero-order valence-electron chi connectivity index (χ0n) is 11.1. The molecule has 0 unspecified atom stereocenters. The second kappa shape index (κ2) is 9.41. The Morgan fingerprint density at radius 3 is 2.47 bits per heavy atom. The number of unbranched alkanes of at least 4 members (excludes halogenated alkanes) is 2. The van der Waals surface area contributed by atoms with Crippen LogP contribution in [0.3, 0.4) is 0 Å². The fourth-order valence-electron chi connectivity index (χ4n) is 1.55. The van der Waals surface area contributed by atoms with Gasteiger partial charge in [0, 0.05) is 0 Å². The summed E-state index contributed by atoms with van der Waals surface area (Å²) in [6, 6.07) is 8.28. The van der Waals surface area contributed by atoms with Gasteiger partial charge in [-0.3, -0.25) is 0 Å². The van der Waals surface area contributed by atoms with Crippen molar-refractivity contribution in [3.8, 4) is 5.75 Å². The molecule has 0 aliphatic heterocycles. The number of thioether (sulfide) groups is 1. The molecule has 0 aliphatic carbocycles. The van der Waals surface area contributed by atoms with Crippen molar-refractivity contribution in [2.75, 3.05) is 18.1 Å². The number of aryl methyl sites for hydroxylation is 1. The highest BCUT2D eigenvalue weighted by Crippen LogP contribution is 2.12. The highest BCUT2D eigenvalue weighted by atomic mass is 32.2. The first-order chi connectivity index (χ1) is 8.33. The van der Waals surface area contributed by atoms with Gasteiger partial charge < -0.3 is 4.74 Å². The molecule has 0 radical (unpaired) electrons. The normalized spacial score (nSPS) is 10.5. The van der Waals surface area contributed by atoms with Crippen LogP contribution in [-0.2, 0) is 0 Å². The van der Waals surface area contributed by atoms with Gasteiger partial charge in [-0.25, -0.2) is 0 Å². The Morgan fingerprint density at radius 1 is 1.00 bits per heavy atom. The van der Waals surface area contributed by atoms with Crippen LogP contribution in [0.1, 0.15) is 38.2 Å². The fraction of sp³-hybridized carbons (Fsp3) is 0.600. The molecule has 0 amide bonds. The van der Waals surface area contributed by atoms with Crippen LogP contribution in [-0.4, -0.2) is 18.1 Å². The van der Waals surface area contributed by atoms with E-state index in [2.05, 4.69) is 37.7 Å². The SMILES string of the molecule is CCCSCCCCCOc1ccc(C)cc1. The average Bonchev–Trinajstić information content (AvgIpc) is 2.35. The molecule has 0 heterocycles. The summed E-state index contributed by atoms with van der Waals surface area (Å²) in [6.07, 6.45) is 5.06. The molecule has 96 valence electrons. The van der Waals surface area contributed by atoms with E-state index >= 15 is 0 Å². The second-order valence-electron chi connectivity index (χ2n) is 4.33. The van der Waals surface area contributed by atoms with Crippen molar-refractivity contribution < 1.29 is 4.74 Å². The number of ether oxygens (including phenoxy) is 1. The lowest BCUT2D eigenvalue weighted by molar-refractivity contribution is 0.306. The molecule has 2 heteroatoms.